The molecule has 9 heteroatoms. The molecule has 2 heterocycles. The molecule has 3 aromatic rings. The molecule has 4 rings (SSSR count). The van der Waals surface area contributed by atoms with Crippen molar-refractivity contribution in [2.45, 2.75) is 18.6 Å². The van der Waals surface area contributed by atoms with Gasteiger partial charge in [-0.3, -0.25) is 9.36 Å². The average molecular weight is 443 g/mol. The zero-order valence-electron chi connectivity index (χ0n) is 16.2. The fourth-order valence-electron chi connectivity index (χ4n) is 2.94. The van der Waals surface area contributed by atoms with E-state index in [0.29, 0.717) is 39.7 Å². The topological polar surface area (TPSA) is 78.3 Å². The number of rotatable bonds is 7. The van der Waals surface area contributed by atoms with Crippen molar-refractivity contribution < 1.29 is 14.3 Å². The summed E-state index contributed by atoms with van der Waals surface area (Å²) in [5, 5.41) is 12.7. The highest BCUT2D eigenvalue weighted by Crippen LogP contribution is 2.36. The number of aromatic nitrogens is 3. The summed E-state index contributed by atoms with van der Waals surface area (Å²) in [4.78, 5) is 12.4. The Hall–Kier alpha value is -2.97. The van der Waals surface area contributed by atoms with E-state index in [1.54, 1.807) is 12.1 Å². The van der Waals surface area contributed by atoms with E-state index in [1.165, 1.54) is 11.8 Å². The van der Waals surface area contributed by atoms with Crippen LogP contribution in [0, 0.1) is 6.92 Å². The number of carbonyl (C=O) groups is 1. The Morgan fingerprint density at radius 2 is 2.10 bits per heavy atom. The van der Waals surface area contributed by atoms with Crippen LogP contribution >= 0.6 is 23.4 Å². The SMILES string of the molecule is C=CCn1c(SCC(=O)Nc2ccc(C)c(Cl)c2)nnc1-c1ccc2c(c1)OCO2. The number of halogens is 1. The minimum absolute atomic E-state index is 0.155. The van der Waals surface area contributed by atoms with Crippen molar-refractivity contribution in [2.75, 3.05) is 17.9 Å². The van der Waals surface area contributed by atoms with E-state index in [4.69, 9.17) is 21.1 Å². The minimum atomic E-state index is -0.155. The summed E-state index contributed by atoms with van der Waals surface area (Å²) in [5.74, 6) is 2.07. The molecule has 0 bridgehead atoms. The quantitative estimate of drug-likeness (QED) is 0.427. The van der Waals surface area contributed by atoms with Crippen LogP contribution in [0.4, 0.5) is 5.69 Å². The Morgan fingerprint density at radius 1 is 1.27 bits per heavy atom. The van der Waals surface area contributed by atoms with E-state index >= 15 is 0 Å². The first-order valence-electron chi connectivity index (χ1n) is 9.18. The standard InChI is InChI=1S/C21H19ClN4O3S/c1-3-8-26-20(14-5-7-17-18(9-14)29-12-28-17)24-25-21(26)30-11-19(27)23-15-6-4-13(2)16(22)10-15/h3-7,9-10H,1,8,11-12H2,2H3,(H,23,27). The molecule has 0 spiro atoms. The Balaban J connectivity index is 1.48. The molecular weight excluding hydrogens is 424 g/mol. The van der Waals surface area contributed by atoms with E-state index in [-0.39, 0.29) is 18.5 Å². The summed E-state index contributed by atoms with van der Waals surface area (Å²) in [7, 11) is 0. The molecule has 0 atom stereocenters. The number of carbonyl (C=O) groups excluding carboxylic acids is 1. The Labute approximate surface area is 183 Å². The van der Waals surface area contributed by atoms with E-state index in [9.17, 15) is 4.79 Å². The molecule has 1 N–H and O–H groups in total. The predicted molar refractivity (Wildman–Crippen MR) is 117 cm³/mol. The molecule has 0 saturated carbocycles. The van der Waals surface area contributed by atoms with Gasteiger partial charge in [0.05, 0.1) is 5.75 Å². The first-order chi connectivity index (χ1) is 14.5. The molecule has 2 aromatic carbocycles. The normalized spacial score (nSPS) is 12.1. The first kappa shape index (κ1) is 20.3. The lowest BCUT2D eigenvalue weighted by Gasteiger charge is -2.09. The first-order valence-corrected chi connectivity index (χ1v) is 10.5. The Bertz CT molecular complexity index is 1120. The van der Waals surface area contributed by atoms with Crippen molar-refractivity contribution in [3.05, 3.63) is 59.6 Å². The minimum Gasteiger partial charge on any atom is -0.454 e. The van der Waals surface area contributed by atoms with Crippen molar-refractivity contribution in [2.24, 2.45) is 0 Å². The number of nitrogens with one attached hydrogen (secondary N) is 1. The van der Waals surface area contributed by atoms with Gasteiger partial charge >= 0.3 is 0 Å². The highest BCUT2D eigenvalue weighted by molar-refractivity contribution is 7.99. The van der Waals surface area contributed by atoms with E-state index in [1.807, 2.05) is 41.8 Å². The summed E-state index contributed by atoms with van der Waals surface area (Å²) >= 11 is 7.42. The predicted octanol–water partition coefficient (Wildman–Crippen LogP) is 4.55. The molecule has 1 amide bonds. The molecule has 0 aliphatic carbocycles. The molecule has 1 aliphatic heterocycles. The van der Waals surface area contributed by atoms with Gasteiger partial charge in [-0.25, -0.2) is 0 Å². The van der Waals surface area contributed by atoms with Gasteiger partial charge in [-0.05, 0) is 42.8 Å². The highest BCUT2D eigenvalue weighted by Gasteiger charge is 2.19. The number of hydrogen-bond acceptors (Lipinski definition) is 6. The number of nitrogens with zero attached hydrogens (tertiary/aromatic N) is 3. The maximum absolute atomic E-state index is 12.4. The number of thioether (sulfide) groups is 1. The number of amides is 1. The number of benzene rings is 2. The van der Waals surface area contributed by atoms with E-state index in [0.717, 1.165) is 11.1 Å². The fraction of sp³-hybridized carbons (Fsp3) is 0.190. The van der Waals surface area contributed by atoms with Crippen molar-refractivity contribution >= 4 is 35.0 Å². The maximum atomic E-state index is 12.4. The smallest absolute Gasteiger partial charge is 0.234 e. The van der Waals surface area contributed by atoms with Crippen molar-refractivity contribution in [1.29, 1.82) is 0 Å². The van der Waals surface area contributed by atoms with Gasteiger partial charge in [0.1, 0.15) is 0 Å². The van der Waals surface area contributed by atoms with Gasteiger partial charge in [-0.2, -0.15) is 0 Å². The molecule has 0 saturated heterocycles. The number of anilines is 1. The Kier molecular flexibility index (Phi) is 5.96. The molecule has 30 heavy (non-hydrogen) atoms. The van der Waals surface area contributed by atoms with Crippen LogP contribution in [-0.2, 0) is 11.3 Å². The number of ether oxygens (including phenoxy) is 2. The molecule has 154 valence electrons. The second kappa shape index (κ2) is 8.81. The number of fused-ring (bicyclic) bond motifs is 1. The Morgan fingerprint density at radius 3 is 2.90 bits per heavy atom. The second-order valence-corrected chi connectivity index (χ2v) is 7.92. The summed E-state index contributed by atoms with van der Waals surface area (Å²) in [6.07, 6.45) is 1.76. The molecule has 1 aromatic heterocycles. The monoisotopic (exact) mass is 442 g/mol. The third kappa shape index (κ3) is 4.29. The molecular formula is C21H19ClN4O3S. The summed E-state index contributed by atoms with van der Waals surface area (Å²) in [5.41, 5.74) is 2.46. The van der Waals surface area contributed by atoms with Gasteiger partial charge in [0.2, 0.25) is 12.7 Å². The average Bonchev–Trinajstić information content (AvgIpc) is 3.36. The van der Waals surface area contributed by atoms with Crippen molar-refractivity contribution in [3.63, 3.8) is 0 Å². The largest absolute Gasteiger partial charge is 0.454 e. The highest BCUT2D eigenvalue weighted by atomic mass is 35.5. The van der Waals surface area contributed by atoms with Gasteiger partial charge in [0.15, 0.2) is 22.5 Å². The number of aryl methyl sites for hydroxylation is 1. The van der Waals surface area contributed by atoms with Gasteiger partial charge in [0, 0.05) is 22.8 Å². The lowest BCUT2D eigenvalue weighted by atomic mass is 10.2. The van der Waals surface area contributed by atoms with Gasteiger partial charge in [-0.15, -0.1) is 16.8 Å². The molecule has 7 nitrogen and oxygen atoms in total. The molecule has 0 radical (unpaired) electrons. The summed E-state index contributed by atoms with van der Waals surface area (Å²) in [6.45, 7) is 6.44. The summed E-state index contributed by atoms with van der Waals surface area (Å²) < 4.78 is 12.7. The zero-order chi connectivity index (χ0) is 21.1. The third-order valence-corrected chi connectivity index (χ3v) is 5.82. The van der Waals surface area contributed by atoms with Crippen LogP contribution in [0.15, 0.2) is 54.2 Å². The maximum Gasteiger partial charge on any atom is 0.234 e. The lowest BCUT2D eigenvalue weighted by molar-refractivity contribution is -0.113. The number of hydrogen-bond donors (Lipinski definition) is 1. The van der Waals surface area contributed by atoms with Crippen LogP contribution in [0.3, 0.4) is 0 Å². The number of allylic oxidation sites excluding steroid dienone is 1. The zero-order valence-corrected chi connectivity index (χ0v) is 17.8. The second-order valence-electron chi connectivity index (χ2n) is 6.57. The van der Waals surface area contributed by atoms with Crippen LogP contribution in [0.2, 0.25) is 5.02 Å². The molecule has 0 fully saturated rings. The van der Waals surface area contributed by atoms with Gasteiger partial charge in [0.25, 0.3) is 0 Å². The van der Waals surface area contributed by atoms with Crippen molar-refractivity contribution in [1.82, 2.24) is 14.8 Å². The third-order valence-electron chi connectivity index (χ3n) is 4.45. The van der Waals surface area contributed by atoms with Crippen LogP contribution in [0.1, 0.15) is 5.56 Å². The summed E-state index contributed by atoms with van der Waals surface area (Å²) in [6, 6.07) is 11.0. The van der Waals surface area contributed by atoms with Gasteiger partial charge in [-0.1, -0.05) is 35.5 Å². The van der Waals surface area contributed by atoms with Crippen LogP contribution in [-0.4, -0.2) is 33.2 Å². The molecule has 0 unspecified atom stereocenters. The lowest BCUT2D eigenvalue weighted by Crippen LogP contribution is -2.14. The van der Waals surface area contributed by atoms with Gasteiger partial charge < -0.3 is 14.8 Å². The van der Waals surface area contributed by atoms with Crippen LogP contribution in [0.25, 0.3) is 11.4 Å². The fourth-order valence-corrected chi connectivity index (χ4v) is 3.86. The van der Waals surface area contributed by atoms with E-state index < -0.39 is 0 Å². The van der Waals surface area contributed by atoms with E-state index in [2.05, 4.69) is 22.1 Å². The van der Waals surface area contributed by atoms with Crippen LogP contribution < -0.4 is 14.8 Å². The van der Waals surface area contributed by atoms with Crippen molar-refractivity contribution in [3.8, 4) is 22.9 Å². The molecule has 1 aliphatic rings. The van der Waals surface area contributed by atoms with Crippen LogP contribution in [0.5, 0.6) is 11.5 Å².